The molecular formula is C57H105N9O3. The second-order valence-corrected chi connectivity index (χ2v) is 27.2. The maximum atomic E-state index is 6.81. The van der Waals surface area contributed by atoms with Crippen molar-refractivity contribution in [1.29, 1.82) is 0 Å². The molecule has 0 radical (unpaired) electrons. The molecule has 69 heavy (non-hydrogen) atoms. The molecule has 0 bridgehead atoms. The van der Waals surface area contributed by atoms with Crippen molar-refractivity contribution in [3.8, 4) is 0 Å². The zero-order valence-corrected chi connectivity index (χ0v) is 46.6. The molecule has 6 aliphatic rings. The third-order valence-corrected chi connectivity index (χ3v) is 17.3. The van der Waals surface area contributed by atoms with Gasteiger partial charge in [-0.2, -0.15) is 30.1 Å². The number of anilines is 3. The molecule has 6 fully saturated rings. The zero-order valence-electron chi connectivity index (χ0n) is 46.6. The first-order chi connectivity index (χ1) is 32.6. The summed E-state index contributed by atoms with van der Waals surface area (Å²) in [6, 6.07) is 0. The van der Waals surface area contributed by atoms with Gasteiger partial charge in [0.15, 0.2) is 0 Å². The van der Waals surface area contributed by atoms with Gasteiger partial charge in [0, 0.05) is 52.9 Å². The van der Waals surface area contributed by atoms with Crippen LogP contribution in [0.15, 0.2) is 0 Å². The molecule has 3 N–H and O–H groups in total. The van der Waals surface area contributed by atoms with Crippen LogP contribution < -0.4 is 16.0 Å². The van der Waals surface area contributed by atoms with E-state index in [1.807, 2.05) is 0 Å². The summed E-state index contributed by atoms with van der Waals surface area (Å²) in [5.74, 6) is 3.93. The first-order valence-corrected chi connectivity index (χ1v) is 29.0. The molecule has 7 rings (SSSR count). The Balaban J connectivity index is 0.923. The highest BCUT2D eigenvalue weighted by Gasteiger charge is 2.50. The van der Waals surface area contributed by atoms with E-state index in [1.165, 1.54) is 116 Å². The lowest BCUT2D eigenvalue weighted by Gasteiger charge is -2.55. The highest BCUT2D eigenvalue weighted by Crippen LogP contribution is 2.47. The van der Waals surface area contributed by atoms with E-state index in [1.54, 1.807) is 0 Å². The molecule has 1 aromatic heterocycles. The van der Waals surface area contributed by atoms with Crippen molar-refractivity contribution < 1.29 is 14.5 Å². The van der Waals surface area contributed by atoms with Gasteiger partial charge in [-0.05, 0) is 216 Å². The summed E-state index contributed by atoms with van der Waals surface area (Å²) < 4.78 is 0. The predicted molar refractivity (Wildman–Crippen MR) is 285 cm³/mol. The predicted octanol–water partition coefficient (Wildman–Crippen LogP) is 14.0. The molecule has 1 aromatic rings. The number of nitrogens with zero attached hydrogens (tertiary/aromatic N) is 6. The Labute approximate surface area is 422 Å². The van der Waals surface area contributed by atoms with Crippen LogP contribution in [-0.4, -0.2) is 101 Å². The molecule has 3 saturated carbocycles. The van der Waals surface area contributed by atoms with Crippen molar-refractivity contribution in [3.05, 3.63) is 0 Å². The van der Waals surface area contributed by atoms with Gasteiger partial charge in [0.1, 0.15) is 0 Å². The average molecular weight is 965 g/mol. The normalized spacial score (nSPS) is 26.8. The smallest absolute Gasteiger partial charge is 0.229 e. The summed E-state index contributed by atoms with van der Waals surface area (Å²) in [7, 11) is 0. The van der Waals surface area contributed by atoms with Crippen LogP contribution in [0.1, 0.15) is 256 Å². The molecule has 12 nitrogen and oxygen atoms in total. The van der Waals surface area contributed by atoms with E-state index in [-0.39, 0.29) is 33.2 Å². The van der Waals surface area contributed by atoms with Gasteiger partial charge in [-0.25, -0.2) is 0 Å². The van der Waals surface area contributed by atoms with Crippen LogP contribution in [0.3, 0.4) is 0 Å². The molecule has 3 aliphatic heterocycles. The van der Waals surface area contributed by atoms with Crippen molar-refractivity contribution in [3.63, 3.8) is 0 Å². The van der Waals surface area contributed by atoms with Crippen LogP contribution in [0.2, 0.25) is 0 Å². The Kier molecular flexibility index (Phi) is 18.8. The standard InChI is InChI=1S/C57H105N9O3/c1-52(2)37-43(38-53(3,4)64(52)67-46-28-16-13-17-29-46)25-22-34-58-49-61-50(59-35-23-26-44-39-54(5,6)65(55(7,8)40-44)68-47-30-18-14-19-31-47)63-51(62-49)60-36-24-27-45-41-56(9,10)66(57(11,12)42-45)69-48-32-20-15-21-33-48/h43-48H,13-42H2,1-12H3,(H3,58,59,60,61,62,63). The van der Waals surface area contributed by atoms with Crippen LogP contribution in [-0.2, 0) is 14.5 Å². The summed E-state index contributed by atoms with van der Waals surface area (Å²) in [5, 5.41) is 18.1. The van der Waals surface area contributed by atoms with Gasteiger partial charge in [0.2, 0.25) is 17.8 Å². The third kappa shape index (κ3) is 15.4. The number of hydrogen-bond acceptors (Lipinski definition) is 12. The Morgan fingerprint density at radius 2 is 0.580 bits per heavy atom. The van der Waals surface area contributed by atoms with E-state index >= 15 is 0 Å². The van der Waals surface area contributed by atoms with Crippen molar-refractivity contribution in [1.82, 2.24) is 30.1 Å². The van der Waals surface area contributed by atoms with Crippen LogP contribution in [0.25, 0.3) is 0 Å². The van der Waals surface area contributed by atoms with Gasteiger partial charge in [-0.3, -0.25) is 14.5 Å². The summed E-state index contributed by atoms with van der Waals surface area (Å²) >= 11 is 0. The van der Waals surface area contributed by atoms with Gasteiger partial charge in [0.05, 0.1) is 18.3 Å². The number of rotatable bonds is 21. The van der Waals surface area contributed by atoms with Crippen molar-refractivity contribution in [2.45, 2.75) is 308 Å². The summed E-state index contributed by atoms with van der Waals surface area (Å²) in [6.45, 7) is 31.3. The summed E-state index contributed by atoms with van der Waals surface area (Å²) in [6.07, 6.45) is 33.8. The largest absolute Gasteiger partial charge is 0.354 e. The topological polar surface area (TPSA) is 112 Å². The number of hydroxylamine groups is 6. The molecule has 3 aliphatic carbocycles. The molecule has 0 aromatic carbocycles. The quantitative estimate of drug-likeness (QED) is 0.102. The molecule has 396 valence electrons. The molecule has 0 amide bonds. The van der Waals surface area contributed by atoms with Crippen LogP contribution in [0, 0.1) is 17.8 Å². The van der Waals surface area contributed by atoms with Crippen molar-refractivity contribution in [2.75, 3.05) is 35.6 Å². The van der Waals surface area contributed by atoms with Crippen LogP contribution in [0.5, 0.6) is 0 Å². The Bertz CT molecular complexity index is 1450. The fourth-order valence-electron chi connectivity index (χ4n) is 15.2. The Hall–Kier alpha value is -1.83. The van der Waals surface area contributed by atoms with Gasteiger partial charge in [0.25, 0.3) is 0 Å². The lowest BCUT2D eigenvalue weighted by molar-refractivity contribution is -0.314. The highest BCUT2D eigenvalue weighted by atomic mass is 16.7. The van der Waals surface area contributed by atoms with Crippen LogP contribution in [0.4, 0.5) is 17.8 Å². The Morgan fingerprint density at radius 1 is 0.362 bits per heavy atom. The first-order valence-electron chi connectivity index (χ1n) is 29.0. The lowest BCUT2D eigenvalue weighted by atomic mass is 9.73. The number of aromatic nitrogens is 3. The molecule has 12 heteroatoms. The number of piperidine rings is 3. The van der Waals surface area contributed by atoms with Crippen molar-refractivity contribution >= 4 is 17.8 Å². The summed E-state index contributed by atoms with van der Waals surface area (Å²) in [4.78, 5) is 35.3. The Morgan fingerprint density at radius 3 is 0.797 bits per heavy atom. The van der Waals surface area contributed by atoms with Crippen molar-refractivity contribution in [2.24, 2.45) is 17.8 Å². The minimum Gasteiger partial charge on any atom is -0.354 e. The molecule has 0 spiro atoms. The van der Waals surface area contributed by atoms with Crippen LogP contribution >= 0.6 is 0 Å². The fraction of sp³-hybridized carbons (Fsp3) is 0.947. The SMILES string of the molecule is CC1(C)CC(CCCNc2nc(NCCCC3CC(C)(C)N(OC4CCCCC4)C(C)(C)C3)nc(NCCCC3CC(C)(C)N(OC4CCCCC4)C(C)(C)C3)n2)CC(C)(C)N1OC1CCCCC1. The van der Waals surface area contributed by atoms with Gasteiger partial charge in [-0.1, -0.05) is 57.8 Å². The highest BCUT2D eigenvalue weighted by molar-refractivity contribution is 5.42. The molecule has 0 unspecified atom stereocenters. The third-order valence-electron chi connectivity index (χ3n) is 17.3. The maximum absolute atomic E-state index is 6.81. The first kappa shape index (κ1) is 54.9. The monoisotopic (exact) mass is 964 g/mol. The second-order valence-electron chi connectivity index (χ2n) is 27.2. The lowest BCUT2D eigenvalue weighted by Crippen LogP contribution is -2.61. The van der Waals surface area contributed by atoms with E-state index in [0.29, 0.717) is 53.9 Å². The van der Waals surface area contributed by atoms with E-state index < -0.39 is 0 Å². The van der Waals surface area contributed by atoms with E-state index in [9.17, 15) is 0 Å². The second kappa shape index (κ2) is 23.6. The zero-order chi connectivity index (χ0) is 49.5. The maximum Gasteiger partial charge on any atom is 0.229 e. The van der Waals surface area contributed by atoms with E-state index in [4.69, 9.17) is 29.5 Å². The average Bonchev–Trinajstić information content (AvgIpc) is 3.27. The van der Waals surface area contributed by atoms with Gasteiger partial charge >= 0.3 is 0 Å². The summed E-state index contributed by atoms with van der Waals surface area (Å²) in [5.41, 5.74) is 0.0358. The minimum atomic E-state index is 0.00597. The number of hydrogen-bond donors (Lipinski definition) is 3. The molecule has 0 atom stereocenters. The molecular weight excluding hydrogens is 859 g/mol. The minimum absolute atomic E-state index is 0.00597. The van der Waals surface area contributed by atoms with E-state index in [2.05, 4.69) is 114 Å². The van der Waals surface area contributed by atoms with E-state index in [0.717, 1.165) is 77.4 Å². The molecule has 3 saturated heterocycles. The van der Waals surface area contributed by atoms with Gasteiger partial charge in [-0.15, -0.1) is 0 Å². The molecule has 4 heterocycles. The van der Waals surface area contributed by atoms with Gasteiger partial charge < -0.3 is 16.0 Å². The number of nitrogens with one attached hydrogen (secondary N) is 3. The fourth-order valence-corrected chi connectivity index (χ4v) is 15.2.